The van der Waals surface area contributed by atoms with Gasteiger partial charge in [0.1, 0.15) is 0 Å². The molecule has 28 heavy (non-hydrogen) atoms. The number of carbonyl (C=O) groups is 1. The summed E-state index contributed by atoms with van der Waals surface area (Å²) in [4.78, 5) is 19.1. The number of likely N-dealkylation sites (N-methyl/N-ethyl adjacent to an activating group) is 1. The van der Waals surface area contributed by atoms with Crippen molar-refractivity contribution in [3.8, 4) is 11.1 Å². The van der Waals surface area contributed by atoms with E-state index >= 15 is 0 Å². The molecule has 3 aromatic rings. The fourth-order valence-corrected chi connectivity index (χ4v) is 3.31. The Morgan fingerprint density at radius 3 is 2.46 bits per heavy atom. The third-order valence-electron chi connectivity index (χ3n) is 4.98. The van der Waals surface area contributed by atoms with Gasteiger partial charge < -0.3 is 9.64 Å². The molecule has 3 rings (SSSR count). The summed E-state index contributed by atoms with van der Waals surface area (Å²) in [7, 11) is 3.42. The number of hydrogen-bond donors (Lipinski definition) is 0. The maximum Gasteiger partial charge on any atom is 0.254 e. The van der Waals surface area contributed by atoms with Crippen molar-refractivity contribution in [3.63, 3.8) is 0 Å². The van der Waals surface area contributed by atoms with Crippen molar-refractivity contribution < 1.29 is 9.53 Å². The van der Waals surface area contributed by atoms with E-state index in [1.807, 2.05) is 42.5 Å². The molecule has 0 aliphatic carbocycles. The summed E-state index contributed by atoms with van der Waals surface area (Å²) in [5.41, 5.74) is 6.20. The van der Waals surface area contributed by atoms with Gasteiger partial charge in [0.05, 0.1) is 18.3 Å². The number of hydrogen-bond acceptors (Lipinski definition) is 3. The van der Waals surface area contributed by atoms with Gasteiger partial charge >= 0.3 is 0 Å². The lowest BCUT2D eigenvalue weighted by Crippen LogP contribution is -2.34. The van der Waals surface area contributed by atoms with Crippen molar-refractivity contribution in [3.05, 3.63) is 89.2 Å². The molecule has 1 unspecified atom stereocenters. The van der Waals surface area contributed by atoms with Crippen LogP contribution in [0.2, 0.25) is 0 Å². The van der Waals surface area contributed by atoms with E-state index in [2.05, 4.69) is 37.0 Å². The molecule has 0 radical (unpaired) electrons. The molecule has 0 saturated heterocycles. The number of benzene rings is 2. The normalized spacial score (nSPS) is 11.9. The Balaban J connectivity index is 1.84. The lowest BCUT2D eigenvalue weighted by atomic mass is 9.97. The molecule has 0 aliphatic rings. The molecular weight excluding hydrogens is 348 g/mol. The largest absolute Gasteiger partial charge is 0.382 e. The molecule has 1 aromatic heterocycles. The summed E-state index contributed by atoms with van der Waals surface area (Å²) < 4.78 is 5.33. The SMILES string of the molecule is COCC(c1ccccn1)N(C)C(=O)c1ccc(-c2cc(C)ccc2C)cc1. The number of aryl methyl sites for hydroxylation is 2. The van der Waals surface area contributed by atoms with Crippen molar-refractivity contribution in [1.29, 1.82) is 0 Å². The summed E-state index contributed by atoms with van der Waals surface area (Å²) in [5.74, 6) is -0.0554. The fraction of sp³-hybridized carbons (Fsp3) is 0.250. The second kappa shape index (κ2) is 8.81. The van der Waals surface area contributed by atoms with Gasteiger partial charge in [0.2, 0.25) is 0 Å². The number of nitrogens with zero attached hydrogens (tertiary/aromatic N) is 2. The lowest BCUT2D eigenvalue weighted by Gasteiger charge is -2.27. The molecule has 0 fully saturated rings. The van der Waals surface area contributed by atoms with Gasteiger partial charge in [-0.25, -0.2) is 0 Å². The Hall–Kier alpha value is -2.98. The van der Waals surface area contributed by atoms with Gasteiger partial charge in [-0.05, 0) is 54.8 Å². The first-order valence-corrected chi connectivity index (χ1v) is 9.36. The number of methoxy groups -OCH3 is 1. The average Bonchev–Trinajstić information content (AvgIpc) is 2.73. The van der Waals surface area contributed by atoms with Crippen LogP contribution in [0, 0.1) is 13.8 Å². The molecule has 0 spiro atoms. The summed E-state index contributed by atoms with van der Waals surface area (Å²) >= 11 is 0. The third-order valence-corrected chi connectivity index (χ3v) is 4.98. The second-order valence-corrected chi connectivity index (χ2v) is 7.04. The van der Waals surface area contributed by atoms with Crippen LogP contribution in [-0.2, 0) is 4.74 Å². The van der Waals surface area contributed by atoms with Crippen molar-refractivity contribution >= 4 is 5.91 Å². The van der Waals surface area contributed by atoms with Crippen molar-refractivity contribution in [2.24, 2.45) is 0 Å². The van der Waals surface area contributed by atoms with Crippen LogP contribution < -0.4 is 0 Å². The highest BCUT2D eigenvalue weighted by Gasteiger charge is 2.23. The van der Waals surface area contributed by atoms with Gasteiger partial charge in [0.25, 0.3) is 5.91 Å². The quantitative estimate of drug-likeness (QED) is 0.621. The van der Waals surface area contributed by atoms with E-state index in [1.165, 1.54) is 16.7 Å². The smallest absolute Gasteiger partial charge is 0.254 e. The summed E-state index contributed by atoms with van der Waals surface area (Å²) in [6, 6.07) is 19.7. The number of rotatable bonds is 6. The Labute approximate surface area is 166 Å². The molecule has 1 heterocycles. The number of aromatic nitrogens is 1. The first-order chi connectivity index (χ1) is 13.5. The maximum absolute atomic E-state index is 13.0. The van der Waals surface area contributed by atoms with E-state index in [4.69, 9.17) is 4.74 Å². The van der Waals surface area contributed by atoms with Crippen LogP contribution >= 0.6 is 0 Å². The molecule has 4 nitrogen and oxygen atoms in total. The Morgan fingerprint density at radius 2 is 1.82 bits per heavy atom. The zero-order valence-electron chi connectivity index (χ0n) is 16.8. The first-order valence-electron chi connectivity index (χ1n) is 9.36. The zero-order chi connectivity index (χ0) is 20.1. The Kier molecular flexibility index (Phi) is 6.22. The molecule has 1 atom stereocenters. The Morgan fingerprint density at radius 1 is 1.07 bits per heavy atom. The summed E-state index contributed by atoms with van der Waals surface area (Å²) in [5, 5.41) is 0. The van der Waals surface area contributed by atoms with Crippen LogP contribution in [0.15, 0.2) is 66.9 Å². The minimum Gasteiger partial charge on any atom is -0.382 e. The van der Waals surface area contributed by atoms with E-state index in [-0.39, 0.29) is 11.9 Å². The molecule has 0 N–H and O–H groups in total. The highest BCUT2D eigenvalue weighted by atomic mass is 16.5. The number of ether oxygens (including phenoxy) is 1. The second-order valence-electron chi connectivity index (χ2n) is 7.04. The van der Waals surface area contributed by atoms with Gasteiger partial charge in [-0.1, -0.05) is 42.0 Å². The molecule has 4 heteroatoms. The topological polar surface area (TPSA) is 42.4 Å². The van der Waals surface area contributed by atoms with Crippen molar-refractivity contribution in [2.75, 3.05) is 20.8 Å². The predicted octanol–water partition coefficient (Wildman–Crippen LogP) is 4.83. The van der Waals surface area contributed by atoms with Crippen LogP contribution in [0.5, 0.6) is 0 Å². The molecule has 1 amide bonds. The van der Waals surface area contributed by atoms with Gasteiger partial charge in [-0.3, -0.25) is 9.78 Å². The molecular formula is C24H26N2O2. The first kappa shape index (κ1) is 19.8. The minimum atomic E-state index is -0.239. The van der Waals surface area contributed by atoms with E-state index in [9.17, 15) is 4.79 Å². The van der Waals surface area contributed by atoms with Crippen LogP contribution in [0.3, 0.4) is 0 Å². The molecule has 0 aliphatic heterocycles. The third kappa shape index (κ3) is 4.29. The standard InChI is InChI=1S/C24H26N2O2/c1-17-8-9-18(2)21(15-17)19-10-12-20(13-11-19)24(27)26(3)23(16-28-4)22-7-5-6-14-25-22/h5-15,23H,16H2,1-4H3. The number of amides is 1. The number of carbonyl (C=O) groups excluding carboxylic acids is 1. The van der Waals surface area contributed by atoms with E-state index in [1.54, 1.807) is 25.3 Å². The molecule has 0 saturated carbocycles. The lowest BCUT2D eigenvalue weighted by molar-refractivity contribution is 0.0595. The minimum absolute atomic E-state index is 0.0554. The van der Waals surface area contributed by atoms with Crippen LogP contribution in [0.25, 0.3) is 11.1 Å². The van der Waals surface area contributed by atoms with Crippen LogP contribution in [0.1, 0.15) is 33.2 Å². The maximum atomic E-state index is 13.0. The summed E-state index contributed by atoms with van der Waals surface area (Å²) in [6.07, 6.45) is 1.73. The summed E-state index contributed by atoms with van der Waals surface area (Å²) in [6.45, 7) is 4.58. The van der Waals surface area contributed by atoms with Crippen molar-refractivity contribution in [2.45, 2.75) is 19.9 Å². The number of pyridine rings is 1. The van der Waals surface area contributed by atoms with Crippen LogP contribution in [0.4, 0.5) is 0 Å². The highest BCUT2D eigenvalue weighted by molar-refractivity contribution is 5.94. The van der Waals surface area contributed by atoms with Gasteiger partial charge in [0, 0.05) is 25.9 Å². The average molecular weight is 374 g/mol. The monoisotopic (exact) mass is 374 g/mol. The van der Waals surface area contributed by atoms with Gasteiger partial charge in [-0.2, -0.15) is 0 Å². The highest BCUT2D eigenvalue weighted by Crippen LogP contribution is 2.26. The zero-order valence-corrected chi connectivity index (χ0v) is 16.8. The van der Waals surface area contributed by atoms with Gasteiger partial charge in [-0.15, -0.1) is 0 Å². The predicted molar refractivity (Wildman–Crippen MR) is 112 cm³/mol. The molecule has 0 bridgehead atoms. The fourth-order valence-electron chi connectivity index (χ4n) is 3.31. The Bertz CT molecular complexity index is 937. The van der Waals surface area contributed by atoms with Crippen molar-refractivity contribution in [1.82, 2.24) is 9.88 Å². The van der Waals surface area contributed by atoms with E-state index < -0.39 is 0 Å². The van der Waals surface area contributed by atoms with Gasteiger partial charge in [0.15, 0.2) is 0 Å². The molecule has 2 aromatic carbocycles. The van der Waals surface area contributed by atoms with E-state index in [0.717, 1.165) is 11.3 Å². The molecule has 144 valence electrons. The van der Waals surface area contributed by atoms with E-state index in [0.29, 0.717) is 12.2 Å². The van der Waals surface area contributed by atoms with Crippen LogP contribution in [-0.4, -0.2) is 36.6 Å².